The molecule has 0 aliphatic rings. The van der Waals surface area contributed by atoms with E-state index in [1.165, 1.54) is 25.2 Å². The molecule has 0 saturated carbocycles. The van der Waals surface area contributed by atoms with Gasteiger partial charge in [0.2, 0.25) is 6.54 Å². The van der Waals surface area contributed by atoms with Crippen molar-refractivity contribution in [2.75, 3.05) is 21.3 Å². The van der Waals surface area contributed by atoms with Crippen molar-refractivity contribution in [2.24, 2.45) is 0 Å². The van der Waals surface area contributed by atoms with E-state index in [4.69, 9.17) is 14.3 Å². The first kappa shape index (κ1) is 20.0. The second-order valence-corrected chi connectivity index (χ2v) is 6.44. The van der Waals surface area contributed by atoms with E-state index in [-0.39, 0.29) is 0 Å². The predicted molar refractivity (Wildman–Crippen MR) is 106 cm³/mol. The number of ether oxygens (including phenoxy) is 3. The van der Waals surface area contributed by atoms with Gasteiger partial charge in [0.25, 0.3) is 6.21 Å². The summed E-state index contributed by atoms with van der Waals surface area (Å²) in [6.07, 6.45) is 1.26. The van der Waals surface area contributed by atoms with Crippen LogP contribution in [-0.2, 0) is 27.5 Å². The Labute approximate surface area is 166 Å². The number of carbonyl (C=O) groups excluding carboxylic acids is 1. The topological polar surface area (TPSA) is 57.0 Å². The third-order valence-corrected chi connectivity index (χ3v) is 4.45. The quantitative estimate of drug-likeness (QED) is 0.195. The lowest BCUT2D eigenvalue weighted by molar-refractivity contribution is -0.788. The third kappa shape index (κ3) is 5.62. The zero-order valence-corrected chi connectivity index (χ0v) is 17.1. The zero-order valence-electron chi connectivity index (χ0n) is 14.9. The molecule has 26 heavy (non-hydrogen) atoms. The van der Waals surface area contributed by atoms with Crippen LogP contribution in [0, 0.1) is 3.57 Å². The summed E-state index contributed by atoms with van der Waals surface area (Å²) in [5.74, 6) is 1.07. The molecule has 2 aromatic rings. The molecular weight excluding hydrogens is 449 g/mol. The Morgan fingerprint density at radius 1 is 1.12 bits per heavy atom. The first-order valence-corrected chi connectivity index (χ1v) is 8.92. The fraction of sp³-hybridized carbons (Fsp3) is 0.263. The number of halogens is 1. The highest BCUT2D eigenvalue weighted by atomic mass is 127. The molecule has 0 amide bonds. The van der Waals surface area contributed by atoms with Crippen molar-refractivity contribution >= 4 is 34.8 Å². The van der Waals surface area contributed by atoms with Crippen molar-refractivity contribution in [1.29, 1.82) is 0 Å². The van der Waals surface area contributed by atoms with Crippen LogP contribution in [0.4, 0.5) is 0 Å². The number of esters is 1. The zero-order chi connectivity index (χ0) is 18.9. The van der Waals surface area contributed by atoms with Gasteiger partial charge in [0.1, 0.15) is 25.2 Å². The fourth-order valence-corrected chi connectivity index (χ4v) is 2.93. The molecule has 2 aromatic carbocycles. The fourth-order valence-electron chi connectivity index (χ4n) is 2.22. The number of nitrogens with zero attached hydrogens (tertiary/aromatic N) is 1. The number of para-hydroxylation sites is 1. The average molecular weight is 470 g/mol. The molecule has 2 rings (SSSR count). The molecule has 0 aliphatic carbocycles. The van der Waals surface area contributed by atoms with Crippen molar-refractivity contribution in [3.8, 4) is 11.5 Å². The van der Waals surface area contributed by atoms with Gasteiger partial charge in [-0.05, 0) is 57.2 Å². The van der Waals surface area contributed by atoms with E-state index in [1.54, 1.807) is 7.11 Å². The van der Waals surface area contributed by atoms with E-state index in [0.717, 1.165) is 26.2 Å². The number of hydrogen-bond donors (Lipinski definition) is 0. The van der Waals surface area contributed by atoms with Gasteiger partial charge in [0.15, 0.2) is 0 Å². The van der Waals surface area contributed by atoms with E-state index >= 15 is 0 Å². The molecule has 0 bridgehead atoms. The van der Waals surface area contributed by atoms with Crippen molar-refractivity contribution in [3.05, 3.63) is 57.2 Å². The lowest BCUT2D eigenvalue weighted by atomic mass is 10.2. The molecule has 0 radical (unpaired) electrons. The highest BCUT2D eigenvalue weighted by molar-refractivity contribution is 14.1. The Hall–Kier alpha value is -2.29. The highest BCUT2D eigenvalue weighted by Gasteiger charge is 2.17. The normalized spacial score (nSPS) is 11.0. The standard InChI is InChI=1S/C19H21INO5/c1-23-16-9-7-14(8-10-16)13-26-19-15(5-4-6-17(19)20)11-21(25-3)12-18(22)24-2/h4-10,12H,11,13H2,1-3H3/q+1/b21-12-. The van der Waals surface area contributed by atoms with Crippen LogP contribution >= 0.6 is 22.6 Å². The average Bonchev–Trinajstić information content (AvgIpc) is 2.67. The maximum absolute atomic E-state index is 11.4. The van der Waals surface area contributed by atoms with Gasteiger partial charge in [-0.3, -0.25) is 4.84 Å². The Morgan fingerprint density at radius 3 is 2.46 bits per heavy atom. The van der Waals surface area contributed by atoms with Gasteiger partial charge in [-0.25, -0.2) is 4.79 Å². The number of hydroxylamine groups is 1. The summed E-state index contributed by atoms with van der Waals surface area (Å²) in [6, 6.07) is 13.5. The Kier molecular flexibility index (Phi) is 7.71. The number of methoxy groups -OCH3 is 2. The van der Waals surface area contributed by atoms with E-state index < -0.39 is 5.97 Å². The van der Waals surface area contributed by atoms with Crippen molar-refractivity contribution in [1.82, 2.24) is 0 Å². The van der Waals surface area contributed by atoms with E-state index in [1.807, 2.05) is 42.5 Å². The first-order valence-electron chi connectivity index (χ1n) is 7.84. The van der Waals surface area contributed by atoms with Gasteiger partial charge in [0, 0.05) is 0 Å². The molecule has 0 fully saturated rings. The van der Waals surface area contributed by atoms with Crippen LogP contribution in [0.3, 0.4) is 0 Å². The van der Waals surface area contributed by atoms with Gasteiger partial charge >= 0.3 is 5.97 Å². The molecule has 0 saturated heterocycles. The SMILES string of the molecule is COC(=O)/C=[N+](/Cc1cccc(I)c1OCc1ccc(OC)cc1)OC. The second-order valence-electron chi connectivity index (χ2n) is 5.27. The molecule has 0 unspecified atom stereocenters. The lowest BCUT2D eigenvalue weighted by Gasteiger charge is -2.12. The van der Waals surface area contributed by atoms with E-state index in [2.05, 4.69) is 27.3 Å². The second kappa shape index (κ2) is 10.0. The van der Waals surface area contributed by atoms with E-state index in [0.29, 0.717) is 13.2 Å². The van der Waals surface area contributed by atoms with Crippen LogP contribution in [0.15, 0.2) is 42.5 Å². The molecule has 0 aromatic heterocycles. The molecule has 0 N–H and O–H groups in total. The van der Waals surface area contributed by atoms with Gasteiger partial charge in [-0.1, -0.05) is 18.2 Å². The molecular formula is C19H21INO5+. The smallest absolute Gasteiger partial charge is 0.399 e. The summed E-state index contributed by atoms with van der Waals surface area (Å²) < 4.78 is 18.2. The molecule has 6 nitrogen and oxygen atoms in total. The number of hydrogen-bond acceptors (Lipinski definition) is 5. The summed E-state index contributed by atoms with van der Waals surface area (Å²) in [5, 5.41) is 0. The number of carbonyl (C=O) groups is 1. The summed E-state index contributed by atoms with van der Waals surface area (Å²) >= 11 is 2.23. The van der Waals surface area contributed by atoms with Crippen molar-refractivity contribution in [3.63, 3.8) is 0 Å². The monoisotopic (exact) mass is 470 g/mol. The van der Waals surface area contributed by atoms with Crippen molar-refractivity contribution in [2.45, 2.75) is 13.2 Å². The summed E-state index contributed by atoms with van der Waals surface area (Å²) in [4.78, 5) is 16.7. The van der Waals surface area contributed by atoms with Crippen LogP contribution in [-0.4, -0.2) is 38.3 Å². The van der Waals surface area contributed by atoms with Crippen LogP contribution in [0.2, 0.25) is 0 Å². The van der Waals surface area contributed by atoms with Crippen LogP contribution in [0.5, 0.6) is 11.5 Å². The summed E-state index contributed by atoms with van der Waals surface area (Å²) in [5.41, 5.74) is 1.92. The number of rotatable bonds is 8. The minimum atomic E-state index is -0.488. The Morgan fingerprint density at radius 2 is 1.85 bits per heavy atom. The summed E-state index contributed by atoms with van der Waals surface area (Å²) in [7, 11) is 4.45. The van der Waals surface area contributed by atoms with Gasteiger partial charge in [-0.2, -0.15) is 0 Å². The minimum absolute atomic E-state index is 0.348. The van der Waals surface area contributed by atoms with Crippen LogP contribution in [0.1, 0.15) is 11.1 Å². The number of benzene rings is 2. The maximum atomic E-state index is 11.4. The van der Waals surface area contributed by atoms with Crippen molar-refractivity contribution < 1.29 is 28.6 Å². The Balaban J connectivity index is 2.17. The van der Waals surface area contributed by atoms with Crippen LogP contribution in [0.25, 0.3) is 0 Å². The first-order chi connectivity index (χ1) is 12.6. The minimum Gasteiger partial charge on any atom is -0.497 e. The summed E-state index contributed by atoms with van der Waals surface area (Å²) in [6.45, 7) is 0.769. The molecule has 138 valence electrons. The Bertz CT molecular complexity index is 774. The largest absolute Gasteiger partial charge is 0.497 e. The molecule has 7 heteroatoms. The van der Waals surface area contributed by atoms with Gasteiger partial charge in [-0.15, -0.1) is 0 Å². The molecule has 0 spiro atoms. The maximum Gasteiger partial charge on any atom is 0.399 e. The molecule has 0 heterocycles. The van der Waals surface area contributed by atoms with Gasteiger partial charge in [0.05, 0.1) is 23.4 Å². The predicted octanol–water partition coefficient (Wildman–Crippen LogP) is 3.20. The third-order valence-electron chi connectivity index (χ3n) is 3.60. The van der Waals surface area contributed by atoms with E-state index in [9.17, 15) is 4.79 Å². The van der Waals surface area contributed by atoms with Crippen LogP contribution < -0.4 is 9.47 Å². The molecule has 0 aliphatic heterocycles. The van der Waals surface area contributed by atoms with Gasteiger partial charge < -0.3 is 14.2 Å². The molecule has 0 atom stereocenters. The lowest BCUT2D eigenvalue weighted by Crippen LogP contribution is -2.18. The highest BCUT2D eigenvalue weighted by Crippen LogP contribution is 2.27.